The quantitative estimate of drug-likeness (QED) is 0.545. The second-order valence-corrected chi connectivity index (χ2v) is 6.85. The number of nitrogens with zero attached hydrogens (tertiary/aromatic N) is 1. The number of methoxy groups -OCH3 is 1. The predicted octanol–water partition coefficient (Wildman–Crippen LogP) is 1.95. The number of thioether (sulfide) groups is 1. The molecular formula is C17H18N4O4S. The minimum absolute atomic E-state index is 0.117. The van der Waals surface area contributed by atoms with Gasteiger partial charge in [0.05, 0.1) is 18.6 Å². The van der Waals surface area contributed by atoms with Crippen LogP contribution in [0.1, 0.15) is 24.8 Å². The van der Waals surface area contributed by atoms with Gasteiger partial charge in [0, 0.05) is 18.2 Å². The fraction of sp³-hybridized carbons (Fsp3) is 0.294. The first-order valence-corrected chi connectivity index (χ1v) is 9.02. The molecule has 0 fully saturated rings. The molecule has 0 radical (unpaired) electrons. The molecule has 0 spiro atoms. The van der Waals surface area contributed by atoms with E-state index in [-0.39, 0.29) is 23.7 Å². The third kappa shape index (κ3) is 3.72. The highest BCUT2D eigenvalue weighted by molar-refractivity contribution is 7.99. The van der Waals surface area contributed by atoms with Crippen molar-refractivity contribution in [2.24, 2.45) is 0 Å². The summed E-state index contributed by atoms with van der Waals surface area (Å²) >= 11 is 1.35. The van der Waals surface area contributed by atoms with E-state index < -0.39 is 17.4 Å². The monoisotopic (exact) mass is 374 g/mol. The number of carbonyl (C=O) groups excluding carboxylic acids is 2. The summed E-state index contributed by atoms with van der Waals surface area (Å²) in [6.45, 7) is 1.92. The average molecular weight is 374 g/mol. The maximum atomic E-state index is 12.7. The fourth-order valence-electron chi connectivity index (χ4n) is 2.71. The molecule has 136 valence electrons. The van der Waals surface area contributed by atoms with Gasteiger partial charge in [-0.25, -0.2) is 4.98 Å². The van der Waals surface area contributed by atoms with Gasteiger partial charge >= 0.3 is 0 Å². The maximum absolute atomic E-state index is 12.7. The number of aromatic nitrogens is 2. The van der Waals surface area contributed by atoms with Crippen LogP contribution in [0.15, 0.2) is 34.2 Å². The Bertz CT molecular complexity index is 912. The van der Waals surface area contributed by atoms with Crippen LogP contribution in [0.25, 0.3) is 0 Å². The minimum atomic E-state index is -0.915. The Morgan fingerprint density at radius 1 is 1.42 bits per heavy atom. The number of nitrogens with one attached hydrogen (secondary N) is 3. The number of carbonyl (C=O) groups is 2. The molecule has 0 unspecified atom stereocenters. The molecular weight excluding hydrogens is 356 g/mol. The lowest BCUT2D eigenvalue weighted by Crippen LogP contribution is -2.36. The van der Waals surface area contributed by atoms with Gasteiger partial charge in [0.25, 0.3) is 5.56 Å². The van der Waals surface area contributed by atoms with Gasteiger partial charge in [-0.1, -0.05) is 24.8 Å². The molecule has 0 aliphatic carbocycles. The first kappa shape index (κ1) is 18.0. The van der Waals surface area contributed by atoms with Crippen LogP contribution in [0.4, 0.5) is 11.5 Å². The molecule has 1 aromatic heterocycles. The van der Waals surface area contributed by atoms with Crippen LogP contribution in [-0.4, -0.2) is 34.6 Å². The van der Waals surface area contributed by atoms with E-state index in [4.69, 9.17) is 4.74 Å². The molecule has 9 heteroatoms. The van der Waals surface area contributed by atoms with Gasteiger partial charge in [-0.3, -0.25) is 14.4 Å². The van der Waals surface area contributed by atoms with Gasteiger partial charge in [-0.05, 0) is 17.9 Å². The number of amides is 2. The van der Waals surface area contributed by atoms with Crippen molar-refractivity contribution >= 4 is 35.1 Å². The molecule has 1 aliphatic rings. The third-order valence-electron chi connectivity index (χ3n) is 3.86. The zero-order valence-corrected chi connectivity index (χ0v) is 15.1. The number of hydrogen-bond acceptors (Lipinski definition) is 6. The summed E-state index contributed by atoms with van der Waals surface area (Å²) in [5.74, 6) is -0.263. The molecule has 1 atom stereocenters. The summed E-state index contributed by atoms with van der Waals surface area (Å²) in [6.07, 6.45) is -0.117. The Balaban J connectivity index is 1.92. The number of aromatic amines is 1. The van der Waals surface area contributed by atoms with Gasteiger partial charge in [-0.15, -0.1) is 0 Å². The lowest BCUT2D eigenvalue weighted by Gasteiger charge is -2.23. The van der Waals surface area contributed by atoms with Gasteiger partial charge in [0.1, 0.15) is 11.6 Å². The summed E-state index contributed by atoms with van der Waals surface area (Å²) in [7, 11) is 1.53. The smallest absolute Gasteiger partial charge is 0.257 e. The van der Waals surface area contributed by atoms with Crippen LogP contribution in [0.2, 0.25) is 0 Å². The van der Waals surface area contributed by atoms with Crippen molar-refractivity contribution < 1.29 is 14.3 Å². The van der Waals surface area contributed by atoms with Crippen LogP contribution < -0.4 is 20.9 Å². The van der Waals surface area contributed by atoms with Crippen molar-refractivity contribution in [1.82, 2.24) is 9.97 Å². The molecule has 0 bridgehead atoms. The summed E-state index contributed by atoms with van der Waals surface area (Å²) < 4.78 is 5.13. The van der Waals surface area contributed by atoms with Gasteiger partial charge in [0.2, 0.25) is 11.8 Å². The highest BCUT2D eigenvalue weighted by Gasteiger charge is 2.34. The molecule has 1 aromatic carbocycles. The summed E-state index contributed by atoms with van der Waals surface area (Å²) in [4.78, 5) is 44.1. The largest absolute Gasteiger partial charge is 0.497 e. The number of H-pyrrole nitrogens is 1. The Morgan fingerprint density at radius 2 is 2.23 bits per heavy atom. The number of fused-ring (bicyclic) bond motifs is 1. The molecule has 3 N–H and O–H groups in total. The molecule has 3 rings (SSSR count). The fourth-order valence-corrected chi connectivity index (χ4v) is 3.30. The van der Waals surface area contributed by atoms with E-state index in [1.165, 1.54) is 18.9 Å². The van der Waals surface area contributed by atoms with Crippen molar-refractivity contribution in [2.75, 3.05) is 23.5 Å². The lowest BCUT2D eigenvalue weighted by atomic mass is 9.92. The molecule has 2 amide bonds. The van der Waals surface area contributed by atoms with Crippen molar-refractivity contribution in [2.45, 2.75) is 24.4 Å². The minimum Gasteiger partial charge on any atom is -0.497 e. The van der Waals surface area contributed by atoms with Crippen LogP contribution in [0.3, 0.4) is 0 Å². The van der Waals surface area contributed by atoms with Crippen LogP contribution in [0.5, 0.6) is 5.75 Å². The SMILES string of the molecule is CCSc1nc2c(c(=O)[nH]1)[C@H](C(=O)Nc1cccc(OC)c1)CC(=O)N2. The lowest BCUT2D eigenvalue weighted by molar-refractivity contribution is -0.123. The van der Waals surface area contributed by atoms with Gasteiger partial charge in [0.15, 0.2) is 5.16 Å². The predicted molar refractivity (Wildman–Crippen MR) is 98.9 cm³/mol. The molecule has 0 saturated heterocycles. The van der Waals surface area contributed by atoms with Crippen molar-refractivity contribution in [1.29, 1.82) is 0 Å². The Hall–Kier alpha value is -2.81. The number of rotatable bonds is 5. The van der Waals surface area contributed by atoms with Gasteiger partial charge < -0.3 is 20.4 Å². The van der Waals surface area contributed by atoms with Crippen molar-refractivity contribution in [3.05, 3.63) is 40.2 Å². The van der Waals surface area contributed by atoms with E-state index >= 15 is 0 Å². The van der Waals surface area contributed by atoms with E-state index in [9.17, 15) is 14.4 Å². The van der Waals surface area contributed by atoms with E-state index in [1.807, 2.05) is 6.92 Å². The van der Waals surface area contributed by atoms with E-state index in [0.29, 0.717) is 16.6 Å². The zero-order chi connectivity index (χ0) is 18.7. The molecule has 2 aromatic rings. The van der Waals surface area contributed by atoms with E-state index in [0.717, 1.165) is 5.75 Å². The van der Waals surface area contributed by atoms with Crippen molar-refractivity contribution in [3.8, 4) is 5.75 Å². The van der Waals surface area contributed by atoms with Gasteiger partial charge in [-0.2, -0.15) is 0 Å². The zero-order valence-electron chi connectivity index (χ0n) is 14.3. The Labute approximate surface area is 153 Å². The Morgan fingerprint density at radius 3 is 2.96 bits per heavy atom. The first-order chi connectivity index (χ1) is 12.5. The van der Waals surface area contributed by atoms with Crippen LogP contribution >= 0.6 is 11.8 Å². The normalized spacial score (nSPS) is 15.8. The average Bonchev–Trinajstić information content (AvgIpc) is 2.61. The molecule has 8 nitrogen and oxygen atoms in total. The summed E-state index contributed by atoms with van der Waals surface area (Å²) in [5.41, 5.74) is 0.270. The highest BCUT2D eigenvalue weighted by Crippen LogP contribution is 2.30. The summed E-state index contributed by atoms with van der Waals surface area (Å²) in [5, 5.41) is 5.72. The van der Waals surface area contributed by atoms with E-state index in [1.54, 1.807) is 24.3 Å². The highest BCUT2D eigenvalue weighted by atomic mass is 32.2. The number of hydrogen-bond donors (Lipinski definition) is 3. The van der Waals surface area contributed by atoms with Crippen LogP contribution in [-0.2, 0) is 9.59 Å². The number of anilines is 2. The molecule has 2 heterocycles. The molecule has 0 saturated carbocycles. The first-order valence-electron chi connectivity index (χ1n) is 8.03. The summed E-state index contributed by atoms with van der Waals surface area (Å²) in [6, 6.07) is 6.85. The Kier molecular flexibility index (Phi) is 5.27. The maximum Gasteiger partial charge on any atom is 0.257 e. The topological polar surface area (TPSA) is 113 Å². The second kappa shape index (κ2) is 7.61. The number of benzene rings is 1. The second-order valence-electron chi connectivity index (χ2n) is 5.59. The molecule has 1 aliphatic heterocycles. The molecule has 26 heavy (non-hydrogen) atoms. The van der Waals surface area contributed by atoms with E-state index in [2.05, 4.69) is 20.6 Å². The number of ether oxygens (including phenoxy) is 1. The van der Waals surface area contributed by atoms with Crippen LogP contribution in [0, 0.1) is 0 Å². The third-order valence-corrected chi connectivity index (χ3v) is 4.62. The van der Waals surface area contributed by atoms with Crippen molar-refractivity contribution in [3.63, 3.8) is 0 Å². The standard InChI is InChI=1S/C17H18N4O4S/c1-3-26-17-20-14-13(16(24)21-17)11(8-12(22)19-14)15(23)18-9-5-4-6-10(7-9)25-2/h4-7,11H,3,8H2,1-2H3,(H,18,23)(H2,19,20,21,22,24)/t11-/m1/s1.